The SMILES string of the molecule is C=C(C)CN1C(=O)C2C(N=C3N(c4cccc(C)c4C)C(C)=C(C)N32)N(C)C1=O. The maximum absolute atomic E-state index is 13.3. The third-order valence-electron chi connectivity index (χ3n) is 6.14. The number of urea groups is 1. The molecule has 3 aliphatic rings. The number of anilines is 1. The van der Waals surface area contributed by atoms with Crippen molar-refractivity contribution < 1.29 is 9.59 Å². The Morgan fingerprint density at radius 1 is 1.14 bits per heavy atom. The van der Waals surface area contributed by atoms with Crippen molar-refractivity contribution in [2.24, 2.45) is 4.99 Å². The van der Waals surface area contributed by atoms with Gasteiger partial charge in [-0.05, 0) is 51.8 Å². The summed E-state index contributed by atoms with van der Waals surface area (Å²) in [6, 6.07) is 5.29. The number of nitrogens with zero attached hydrogens (tertiary/aromatic N) is 5. The van der Waals surface area contributed by atoms with E-state index in [4.69, 9.17) is 4.99 Å². The van der Waals surface area contributed by atoms with Crippen LogP contribution in [0.3, 0.4) is 0 Å². The van der Waals surface area contributed by atoms with E-state index in [0.29, 0.717) is 5.96 Å². The number of carbonyl (C=O) groups excluding carboxylic acids is 2. The van der Waals surface area contributed by atoms with E-state index in [1.54, 1.807) is 11.9 Å². The first kappa shape index (κ1) is 19.2. The van der Waals surface area contributed by atoms with Crippen molar-refractivity contribution in [1.82, 2.24) is 14.7 Å². The minimum Gasteiger partial charge on any atom is -0.302 e. The number of benzene rings is 1. The summed E-state index contributed by atoms with van der Waals surface area (Å²) < 4.78 is 0. The summed E-state index contributed by atoms with van der Waals surface area (Å²) in [5.74, 6) is 0.476. The lowest BCUT2D eigenvalue weighted by atomic mass is 10.1. The lowest BCUT2D eigenvalue weighted by molar-refractivity contribution is -0.136. The third-order valence-corrected chi connectivity index (χ3v) is 6.14. The molecule has 7 heteroatoms. The van der Waals surface area contributed by atoms with Gasteiger partial charge in [0, 0.05) is 18.4 Å². The molecular formula is C22H27N5O2. The number of aliphatic imine (C=N–C) groups is 1. The number of likely N-dealkylation sites (N-methyl/N-ethyl adjacent to an activating group) is 1. The topological polar surface area (TPSA) is 59.5 Å². The molecule has 7 nitrogen and oxygen atoms in total. The first-order valence-electron chi connectivity index (χ1n) is 9.78. The van der Waals surface area contributed by atoms with Crippen molar-refractivity contribution in [3.8, 4) is 0 Å². The molecule has 1 fully saturated rings. The van der Waals surface area contributed by atoms with Gasteiger partial charge in [0.05, 0.1) is 12.2 Å². The molecule has 0 aromatic heterocycles. The standard InChI is InChI=1S/C22H27N5O2/c1-12(2)11-25-20(28)18-19(24(7)22(25)29)23-21-26(15(5)16(6)27(18)21)17-10-8-9-13(3)14(17)4/h8-10,18-19H,1,11H2,2-7H3. The maximum Gasteiger partial charge on any atom is 0.328 e. The Balaban J connectivity index is 1.80. The molecule has 3 aliphatic heterocycles. The van der Waals surface area contributed by atoms with E-state index in [-0.39, 0.29) is 18.5 Å². The van der Waals surface area contributed by atoms with Gasteiger partial charge < -0.3 is 4.90 Å². The molecular weight excluding hydrogens is 366 g/mol. The molecule has 2 unspecified atom stereocenters. The number of hydrogen-bond donors (Lipinski definition) is 0. The number of rotatable bonds is 3. The largest absolute Gasteiger partial charge is 0.328 e. The molecule has 0 saturated carbocycles. The van der Waals surface area contributed by atoms with Crippen LogP contribution in [-0.2, 0) is 4.79 Å². The maximum atomic E-state index is 13.3. The summed E-state index contributed by atoms with van der Waals surface area (Å²) in [5, 5.41) is 0. The number of imide groups is 1. The lowest BCUT2D eigenvalue weighted by Gasteiger charge is -2.40. The van der Waals surface area contributed by atoms with Crippen molar-refractivity contribution in [1.29, 1.82) is 0 Å². The molecule has 1 aromatic rings. The second-order valence-corrected chi connectivity index (χ2v) is 8.16. The van der Waals surface area contributed by atoms with Crippen LogP contribution in [0.5, 0.6) is 0 Å². The number of hydrogen-bond acceptors (Lipinski definition) is 5. The predicted molar refractivity (Wildman–Crippen MR) is 113 cm³/mol. The van der Waals surface area contributed by atoms with Crippen LogP contribution < -0.4 is 4.90 Å². The van der Waals surface area contributed by atoms with E-state index in [2.05, 4.69) is 37.5 Å². The van der Waals surface area contributed by atoms with E-state index in [9.17, 15) is 9.59 Å². The number of allylic oxidation sites excluding steroid dienone is 2. The van der Waals surface area contributed by atoms with E-state index in [1.807, 2.05) is 31.7 Å². The number of fused-ring (bicyclic) bond motifs is 3. The Morgan fingerprint density at radius 2 is 1.83 bits per heavy atom. The van der Waals surface area contributed by atoms with E-state index in [1.165, 1.54) is 16.0 Å². The van der Waals surface area contributed by atoms with E-state index < -0.39 is 12.2 Å². The fourth-order valence-corrected chi connectivity index (χ4v) is 4.29. The zero-order valence-electron chi connectivity index (χ0n) is 17.9. The molecule has 152 valence electrons. The second-order valence-electron chi connectivity index (χ2n) is 8.16. The highest BCUT2D eigenvalue weighted by atomic mass is 16.2. The van der Waals surface area contributed by atoms with Crippen LogP contribution in [0.25, 0.3) is 0 Å². The quantitative estimate of drug-likeness (QED) is 0.740. The Morgan fingerprint density at radius 3 is 2.48 bits per heavy atom. The molecule has 0 N–H and O–H groups in total. The summed E-state index contributed by atoms with van der Waals surface area (Å²) in [5.41, 5.74) is 6.18. The van der Waals surface area contributed by atoms with Crippen LogP contribution in [0.2, 0.25) is 0 Å². The van der Waals surface area contributed by atoms with Crippen LogP contribution in [0.4, 0.5) is 10.5 Å². The van der Waals surface area contributed by atoms with Crippen molar-refractivity contribution in [3.63, 3.8) is 0 Å². The van der Waals surface area contributed by atoms with Crippen molar-refractivity contribution >= 4 is 23.6 Å². The summed E-state index contributed by atoms with van der Waals surface area (Å²) in [6.07, 6.45) is -0.540. The highest BCUT2D eigenvalue weighted by Crippen LogP contribution is 2.41. The predicted octanol–water partition coefficient (Wildman–Crippen LogP) is 3.21. The Labute approximate surface area is 171 Å². The van der Waals surface area contributed by atoms with Gasteiger partial charge in [0.2, 0.25) is 5.96 Å². The van der Waals surface area contributed by atoms with E-state index >= 15 is 0 Å². The minimum absolute atomic E-state index is 0.219. The number of carbonyl (C=O) groups is 2. The van der Waals surface area contributed by atoms with Crippen LogP contribution in [0, 0.1) is 13.8 Å². The van der Waals surface area contributed by atoms with Gasteiger partial charge in [0.15, 0.2) is 12.2 Å². The molecule has 0 spiro atoms. The van der Waals surface area contributed by atoms with Crippen molar-refractivity contribution in [2.45, 2.75) is 46.8 Å². The van der Waals surface area contributed by atoms with Crippen LogP contribution >= 0.6 is 0 Å². The highest BCUT2D eigenvalue weighted by Gasteiger charge is 2.55. The van der Waals surface area contributed by atoms with Gasteiger partial charge in [-0.15, -0.1) is 0 Å². The average Bonchev–Trinajstić information content (AvgIpc) is 3.16. The number of aryl methyl sites for hydroxylation is 1. The van der Waals surface area contributed by atoms with Gasteiger partial charge in [0.25, 0.3) is 5.91 Å². The molecule has 2 atom stereocenters. The molecule has 0 bridgehead atoms. The van der Waals surface area contributed by atoms with Gasteiger partial charge in [0.1, 0.15) is 0 Å². The molecule has 0 aliphatic carbocycles. The molecule has 0 radical (unpaired) electrons. The first-order chi connectivity index (χ1) is 13.6. The zero-order chi connectivity index (χ0) is 21.2. The minimum atomic E-state index is -0.558. The summed E-state index contributed by atoms with van der Waals surface area (Å²) >= 11 is 0. The molecule has 3 heterocycles. The molecule has 3 amide bonds. The normalized spacial score (nSPS) is 23.7. The Bertz CT molecular complexity index is 1010. The van der Waals surface area contributed by atoms with Gasteiger partial charge in [-0.3, -0.25) is 19.5 Å². The average molecular weight is 393 g/mol. The summed E-state index contributed by atoms with van der Waals surface area (Å²) in [7, 11) is 1.71. The van der Waals surface area contributed by atoms with Crippen LogP contribution in [0.1, 0.15) is 31.9 Å². The molecule has 29 heavy (non-hydrogen) atoms. The summed E-state index contributed by atoms with van der Waals surface area (Å²) in [6.45, 7) is 14.1. The fourth-order valence-electron chi connectivity index (χ4n) is 4.29. The van der Waals surface area contributed by atoms with E-state index in [0.717, 1.165) is 22.7 Å². The van der Waals surface area contributed by atoms with Gasteiger partial charge in [-0.2, -0.15) is 0 Å². The molecule has 1 aromatic carbocycles. The monoisotopic (exact) mass is 393 g/mol. The zero-order valence-corrected chi connectivity index (χ0v) is 17.9. The second kappa shape index (κ2) is 6.47. The molecule has 1 saturated heterocycles. The third kappa shape index (κ3) is 2.60. The van der Waals surface area contributed by atoms with Gasteiger partial charge >= 0.3 is 6.03 Å². The Hall–Kier alpha value is -3.09. The summed E-state index contributed by atoms with van der Waals surface area (Å²) in [4.78, 5) is 37.9. The van der Waals surface area contributed by atoms with Crippen molar-refractivity contribution in [3.05, 3.63) is 52.9 Å². The fraction of sp³-hybridized carbons (Fsp3) is 0.409. The number of amides is 3. The lowest BCUT2D eigenvalue weighted by Crippen LogP contribution is -2.64. The van der Waals surface area contributed by atoms with Crippen LogP contribution in [0.15, 0.2) is 46.7 Å². The van der Waals surface area contributed by atoms with Crippen molar-refractivity contribution in [2.75, 3.05) is 18.5 Å². The van der Waals surface area contributed by atoms with Gasteiger partial charge in [-0.25, -0.2) is 9.79 Å². The Kier molecular flexibility index (Phi) is 4.29. The smallest absolute Gasteiger partial charge is 0.302 e. The van der Waals surface area contributed by atoms with Gasteiger partial charge in [-0.1, -0.05) is 24.3 Å². The first-order valence-corrected chi connectivity index (χ1v) is 9.78. The van der Waals surface area contributed by atoms with Crippen LogP contribution in [-0.4, -0.2) is 58.4 Å². The molecule has 4 rings (SSSR count). The highest BCUT2D eigenvalue weighted by molar-refractivity contribution is 6.10. The number of guanidine groups is 1.